The molecule has 0 radical (unpaired) electrons. The Morgan fingerprint density at radius 3 is 2.57 bits per heavy atom. The van der Waals surface area contributed by atoms with Gasteiger partial charge in [-0.3, -0.25) is 0 Å². The van der Waals surface area contributed by atoms with E-state index in [4.69, 9.17) is 21.1 Å². The molecule has 9 heteroatoms. The van der Waals surface area contributed by atoms with Crippen molar-refractivity contribution in [2.24, 2.45) is 0 Å². The van der Waals surface area contributed by atoms with Gasteiger partial charge in [0.1, 0.15) is 11.3 Å². The second kappa shape index (κ2) is 9.19. The first-order chi connectivity index (χ1) is 10.9. The van der Waals surface area contributed by atoms with Crippen LogP contribution in [0.1, 0.15) is 10.4 Å². The maximum absolute atomic E-state index is 11.8. The summed E-state index contributed by atoms with van der Waals surface area (Å²) in [4.78, 5) is 23.4. The van der Waals surface area contributed by atoms with Crippen LogP contribution in [0.2, 0.25) is 5.02 Å². The zero-order valence-corrected chi connectivity index (χ0v) is 13.8. The second-order valence-corrected chi connectivity index (χ2v) is 4.88. The fraction of sp³-hybridized carbons (Fsp3) is 0.429. The van der Waals surface area contributed by atoms with Gasteiger partial charge >= 0.3 is 12.0 Å². The summed E-state index contributed by atoms with van der Waals surface area (Å²) >= 11 is 6.04. The molecule has 0 aliphatic rings. The Balaban J connectivity index is 2.80. The zero-order valence-electron chi connectivity index (χ0n) is 13.0. The number of methoxy groups -OCH3 is 3. The summed E-state index contributed by atoms with van der Waals surface area (Å²) in [6, 6.07) is 2.16. The first kappa shape index (κ1) is 19.0. The molecule has 1 unspecified atom stereocenters. The minimum Gasteiger partial charge on any atom is -0.496 e. The van der Waals surface area contributed by atoms with Gasteiger partial charge in [-0.15, -0.1) is 0 Å². The van der Waals surface area contributed by atoms with E-state index < -0.39 is 18.1 Å². The third-order valence-electron chi connectivity index (χ3n) is 2.80. The molecule has 0 bridgehead atoms. The Morgan fingerprint density at radius 2 is 2.00 bits per heavy atom. The summed E-state index contributed by atoms with van der Waals surface area (Å²) in [7, 11) is 4.06. The van der Waals surface area contributed by atoms with Crippen LogP contribution in [-0.4, -0.2) is 57.7 Å². The Labute approximate surface area is 138 Å². The number of urea groups is 1. The van der Waals surface area contributed by atoms with Crippen molar-refractivity contribution in [3.05, 3.63) is 22.7 Å². The molecule has 0 aliphatic carbocycles. The summed E-state index contributed by atoms with van der Waals surface area (Å²) in [5, 5.41) is 14.6. The van der Waals surface area contributed by atoms with Gasteiger partial charge in [0.2, 0.25) is 0 Å². The molecule has 3 N–H and O–H groups in total. The number of hydrogen-bond acceptors (Lipinski definition) is 6. The number of amides is 2. The summed E-state index contributed by atoms with van der Waals surface area (Å²) in [6.45, 7) is 0.108. The van der Waals surface area contributed by atoms with Gasteiger partial charge < -0.3 is 30.0 Å². The first-order valence-corrected chi connectivity index (χ1v) is 6.98. The minimum absolute atomic E-state index is 0.00860. The van der Waals surface area contributed by atoms with Crippen molar-refractivity contribution in [3.63, 3.8) is 0 Å². The lowest BCUT2D eigenvalue weighted by molar-refractivity contribution is 0.0597. The van der Waals surface area contributed by atoms with E-state index in [1.165, 1.54) is 33.5 Å². The Hall–Kier alpha value is -2.03. The molecule has 1 rings (SSSR count). The topological polar surface area (TPSA) is 106 Å². The molecule has 0 saturated heterocycles. The van der Waals surface area contributed by atoms with Crippen molar-refractivity contribution in [1.82, 2.24) is 5.32 Å². The number of nitrogens with one attached hydrogen (secondary N) is 2. The van der Waals surface area contributed by atoms with Crippen molar-refractivity contribution in [2.75, 3.05) is 39.8 Å². The number of halogens is 1. The van der Waals surface area contributed by atoms with Crippen LogP contribution in [0.4, 0.5) is 10.5 Å². The van der Waals surface area contributed by atoms with Crippen molar-refractivity contribution < 1.29 is 28.9 Å². The van der Waals surface area contributed by atoms with Crippen LogP contribution in [0, 0.1) is 0 Å². The molecule has 1 aromatic rings. The third kappa shape index (κ3) is 5.59. The molecule has 8 nitrogen and oxygen atoms in total. The molecule has 0 spiro atoms. The summed E-state index contributed by atoms with van der Waals surface area (Å²) in [5.41, 5.74) is 0.386. The monoisotopic (exact) mass is 346 g/mol. The molecule has 1 atom stereocenters. The quantitative estimate of drug-likeness (QED) is 0.642. The van der Waals surface area contributed by atoms with E-state index in [0.717, 1.165) is 0 Å². The average Bonchev–Trinajstić information content (AvgIpc) is 2.54. The fourth-order valence-electron chi connectivity index (χ4n) is 1.72. The Kier molecular flexibility index (Phi) is 7.60. The van der Waals surface area contributed by atoms with Crippen LogP contribution in [0.5, 0.6) is 5.75 Å². The smallest absolute Gasteiger partial charge is 0.341 e. The molecule has 0 aromatic heterocycles. The highest BCUT2D eigenvalue weighted by atomic mass is 35.5. The molecule has 2 amide bonds. The van der Waals surface area contributed by atoms with E-state index in [-0.39, 0.29) is 35.2 Å². The number of anilines is 1. The van der Waals surface area contributed by atoms with Crippen molar-refractivity contribution >= 4 is 29.3 Å². The number of aliphatic hydroxyl groups excluding tert-OH is 1. The standard InChI is InChI=1S/C14H19ClN2O6/c1-21-7-8(18)6-16-14(20)17-11-5-12(22-2)9(4-10(11)15)13(19)23-3/h4-5,8,18H,6-7H2,1-3H3,(H2,16,17,20). The highest BCUT2D eigenvalue weighted by molar-refractivity contribution is 6.34. The summed E-state index contributed by atoms with van der Waals surface area (Å²) in [5.74, 6) is -0.404. The van der Waals surface area contributed by atoms with Gasteiger partial charge in [0.25, 0.3) is 0 Å². The Bertz CT molecular complexity index is 566. The largest absolute Gasteiger partial charge is 0.496 e. The number of hydrogen-bond donors (Lipinski definition) is 3. The van der Waals surface area contributed by atoms with Crippen molar-refractivity contribution in [2.45, 2.75) is 6.10 Å². The minimum atomic E-state index is -0.822. The number of esters is 1. The predicted octanol–water partition coefficient (Wildman–Crippen LogP) is 1.26. The second-order valence-electron chi connectivity index (χ2n) is 4.47. The van der Waals surface area contributed by atoms with Crippen LogP contribution in [-0.2, 0) is 9.47 Å². The van der Waals surface area contributed by atoms with Crippen LogP contribution in [0.25, 0.3) is 0 Å². The van der Waals surface area contributed by atoms with Crippen molar-refractivity contribution in [3.8, 4) is 5.75 Å². The lowest BCUT2D eigenvalue weighted by Crippen LogP contribution is -2.37. The number of carbonyl (C=O) groups is 2. The highest BCUT2D eigenvalue weighted by Gasteiger charge is 2.17. The Morgan fingerprint density at radius 1 is 1.30 bits per heavy atom. The number of carbonyl (C=O) groups excluding carboxylic acids is 2. The van der Waals surface area contributed by atoms with Gasteiger partial charge in [-0.2, -0.15) is 0 Å². The van der Waals surface area contributed by atoms with E-state index >= 15 is 0 Å². The van der Waals surface area contributed by atoms with E-state index in [1.54, 1.807) is 0 Å². The molecular formula is C14H19ClN2O6. The normalized spacial score (nSPS) is 11.5. The molecule has 128 valence electrons. The molecule has 0 saturated carbocycles. The molecule has 0 aliphatic heterocycles. The van der Waals surface area contributed by atoms with Crippen LogP contribution < -0.4 is 15.4 Å². The molecule has 0 fully saturated rings. The maximum Gasteiger partial charge on any atom is 0.341 e. The van der Waals surface area contributed by atoms with Crippen LogP contribution >= 0.6 is 11.6 Å². The highest BCUT2D eigenvalue weighted by Crippen LogP contribution is 2.31. The van der Waals surface area contributed by atoms with E-state index in [1.807, 2.05) is 0 Å². The average molecular weight is 347 g/mol. The third-order valence-corrected chi connectivity index (χ3v) is 3.11. The maximum atomic E-state index is 11.8. The van der Waals surface area contributed by atoms with E-state index in [0.29, 0.717) is 0 Å². The van der Waals surface area contributed by atoms with Gasteiger partial charge in [-0.25, -0.2) is 9.59 Å². The van der Waals surface area contributed by atoms with E-state index in [9.17, 15) is 14.7 Å². The number of rotatable bonds is 7. The van der Waals surface area contributed by atoms with Gasteiger partial charge in [0, 0.05) is 19.7 Å². The first-order valence-electron chi connectivity index (χ1n) is 6.60. The SMILES string of the molecule is COCC(O)CNC(=O)Nc1cc(OC)c(C(=O)OC)cc1Cl. The summed E-state index contributed by atoms with van der Waals surface area (Å²) in [6.07, 6.45) is -0.822. The van der Waals surface area contributed by atoms with Gasteiger partial charge in [-0.1, -0.05) is 11.6 Å². The van der Waals surface area contributed by atoms with Crippen LogP contribution in [0.3, 0.4) is 0 Å². The lowest BCUT2D eigenvalue weighted by Gasteiger charge is -2.14. The molecule has 0 heterocycles. The number of ether oxygens (including phenoxy) is 3. The van der Waals surface area contributed by atoms with Gasteiger partial charge in [0.05, 0.1) is 37.6 Å². The fourth-order valence-corrected chi connectivity index (χ4v) is 1.93. The summed E-state index contributed by atoms with van der Waals surface area (Å²) < 4.78 is 14.5. The number of aliphatic hydroxyl groups is 1. The molecule has 23 heavy (non-hydrogen) atoms. The predicted molar refractivity (Wildman–Crippen MR) is 84.2 cm³/mol. The molecule has 1 aromatic carbocycles. The lowest BCUT2D eigenvalue weighted by atomic mass is 10.2. The zero-order chi connectivity index (χ0) is 17.4. The van der Waals surface area contributed by atoms with Crippen LogP contribution in [0.15, 0.2) is 12.1 Å². The van der Waals surface area contributed by atoms with Gasteiger partial charge in [-0.05, 0) is 6.07 Å². The molecular weight excluding hydrogens is 328 g/mol. The van der Waals surface area contributed by atoms with E-state index in [2.05, 4.69) is 15.4 Å². The number of benzene rings is 1. The van der Waals surface area contributed by atoms with Crippen molar-refractivity contribution in [1.29, 1.82) is 0 Å². The van der Waals surface area contributed by atoms with Gasteiger partial charge in [0.15, 0.2) is 0 Å².